The molecule has 1 aliphatic rings. The van der Waals surface area contributed by atoms with Crippen LogP contribution in [-0.4, -0.2) is 22.8 Å². The van der Waals surface area contributed by atoms with Gasteiger partial charge in [0.15, 0.2) is 11.5 Å². The minimum absolute atomic E-state index is 0.0334. The first-order valence-corrected chi connectivity index (χ1v) is 5.00. The third-order valence-electron chi connectivity index (χ3n) is 2.46. The number of nitrogens with one attached hydrogen (secondary N) is 1. The van der Waals surface area contributed by atoms with Crippen molar-refractivity contribution in [1.29, 1.82) is 0 Å². The van der Waals surface area contributed by atoms with Crippen molar-refractivity contribution in [3.05, 3.63) is 23.8 Å². The smallest absolute Gasteiger partial charge is 0.157 e. The van der Waals surface area contributed by atoms with E-state index in [9.17, 15) is 5.11 Å². The molecule has 1 aliphatic carbocycles. The highest BCUT2D eigenvalue weighted by Crippen LogP contribution is 2.25. The molecule has 14 heavy (non-hydrogen) atoms. The first-order valence-electron chi connectivity index (χ1n) is 5.00. The highest BCUT2D eigenvalue weighted by molar-refractivity contribution is 5.40. The predicted octanol–water partition coefficient (Wildman–Crippen LogP) is 1.39. The van der Waals surface area contributed by atoms with E-state index in [1.54, 1.807) is 6.07 Å². The fraction of sp³-hybridized carbons (Fsp3) is 0.455. The lowest BCUT2D eigenvalue weighted by molar-refractivity contribution is 0.403. The second kappa shape index (κ2) is 3.88. The van der Waals surface area contributed by atoms with E-state index >= 15 is 0 Å². The number of phenols is 2. The number of aromatic hydroxyl groups is 2. The van der Waals surface area contributed by atoms with Crippen LogP contribution in [0.15, 0.2) is 18.2 Å². The van der Waals surface area contributed by atoms with E-state index in [4.69, 9.17) is 5.11 Å². The maximum Gasteiger partial charge on any atom is 0.157 e. The summed E-state index contributed by atoms with van der Waals surface area (Å²) in [7, 11) is 0. The van der Waals surface area contributed by atoms with Gasteiger partial charge in [-0.25, -0.2) is 0 Å². The molecule has 76 valence electrons. The van der Waals surface area contributed by atoms with Crippen molar-refractivity contribution < 1.29 is 10.2 Å². The van der Waals surface area contributed by atoms with Gasteiger partial charge in [0.1, 0.15) is 0 Å². The molecule has 0 atom stereocenters. The number of rotatable bonds is 4. The van der Waals surface area contributed by atoms with Crippen LogP contribution in [0.4, 0.5) is 0 Å². The Morgan fingerprint density at radius 3 is 2.64 bits per heavy atom. The van der Waals surface area contributed by atoms with Crippen molar-refractivity contribution in [1.82, 2.24) is 5.32 Å². The van der Waals surface area contributed by atoms with Gasteiger partial charge < -0.3 is 15.5 Å². The monoisotopic (exact) mass is 193 g/mol. The molecule has 1 aromatic rings. The molecule has 0 bridgehead atoms. The third-order valence-corrected chi connectivity index (χ3v) is 2.46. The van der Waals surface area contributed by atoms with Crippen molar-refractivity contribution in [2.24, 2.45) is 0 Å². The van der Waals surface area contributed by atoms with Gasteiger partial charge in [0.2, 0.25) is 0 Å². The van der Waals surface area contributed by atoms with E-state index in [2.05, 4.69) is 5.32 Å². The van der Waals surface area contributed by atoms with Crippen LogP contribution in [0.1, 0.15) is 18.4 Å². The summed E-state index contributed by atoms with van der Waals surface area (Å²) in [5.74, 6) is -0.0853. The largest absolute Gasteiger partial charge is 0.504 e. The van der Waals surface area contributed by atoms with Gasteiger partial charge in [0, 0.05) is 6.04 Å². The minimum atomic E-state index is -0.0519. The quantitative estimate of drug-likeness (QED) is 0.633. The number of benzene rings is 1. The van der Waals surface area contributed by atoms with Gasteiger partial charge >= 0.3 is 0 Å². The molecule has 0 unspecified atom stereocenters. The lowest BCUT2D eigenvalue weighted by Crippen LogP contribution is -2.19. The summed E-state index contributed by atoms with van der Waals surface area (Å²) >= 11 is 0. The molecule has 2 rings (SSSR count). The number of phenolic OH excluding ortho intramolecular Hbond substituents is 2. The summed E-state index contributed by atoms with van der Waals surface area (Å²) < 4.78 is 0. The topological polar surface area (TPSA) is 52.5 Å². The average molecular weight is 193 g/mol. The van der Waals surface area contributed by atoms with Crippen LogP contribution in [0, 0.1) is 0 Å². The summed E-state index contributed by atoms with van der Waals surface area (Å²) in [5.41, 5.74) is 1.05. The average Bonchev–Trinajstić information content (AvgIpc) is 2.95. The van der Waals surface area contributed by atoms with Crippen LogP contribution >= 0.6 is 0 Å². The molecule has 0 aromatic heterocycles. The molecular weight excluding hydrogens is 178 g/mol. The standard InChI is InChI=1S/C11H15NO2/c13-10-4-1-8(7-11(10)14)5-6-12-9-2-3-9/h1,4,7,9,12-14H,2-3,5-6H2. The van der Waals surface area contributed by atoms with E-state index in [0.29, 0.717) is 0 Å². The van der Waals surface area contributed by atoms with Crippen LogP contribution in [0.2, 0.25) is 0 Å². The Hall–Kier alpha value is -1.22. The highest BCUT2D eigenvalue weighted by atomic mass is 16.3. The molecule has 3 nitrogen and oxygen atoms in total. The third kappa shape index (κ3) is 2.39. The fourth-order valence-electron chi connectivity index (χ4n) is 1.43. The first-order chi connectivity index (χ1) is 6.75. The summed E-state index contributed by atoms with van der Waals surface area (Å²) in [6, 6.07) is 5.70. The zero-order chi connectivity index (χ0) is 9.97. The lowest BCUT2D eigenvalue weighted by Gasteiger charge is -2.04. The highest BCUT2D eigenvalue weighted by Gasteiger charge is 2.19. The zero-order valence-corrected chi connectivity index (χ0v) is 8.03. The fourth-order valence-corrected chi connectivity index (χ4v) is 1.43. The van der Waals surface area contributed by atoms with Crippen LogP contribution in [0.25, 0.3) is 0 Å². The van der Waals surface area contributed by atoms with E-state index in [1.807, 2.05) is 6.07 Å². The maximum absolute atomic E-state index is 9.25. The Labute approximate surface area is 83.4 Å². The van der Waals surface area contributed by atoms with Crippen molar-refractivity contribution in [2.75, 3.05) is 6.54 Å². The molecule has 0 radical (unpaired) electrons. The molecule has 3 heteroatoms. The molecule has 3 N–H and O–H groups in total. The Morgan fingerprint density at radius 1 is 1.21 bits per heavy atom. The Bertz CT molecular complexity index is 321. The van der Waals surface area contributed by atoms with Crippen LogP contribution < -0.4 is 5.32 Å². The van der Waals surface area contributed by atoms with E-state index in [-0.39, 0.29) is 11.5 Å². The molecular formula is C11H15NO2. The maximum atomic E-state index is 9.25. The molecule has 1 saturated carbocycles. The molecule has 1 aromatic carbocycles. The van der Waals surface area contributed by atoms with Crippen LogP contribution in [-0.2, 0) is 6.42 Å². The normalized spacial score (nSPS) is 15.7. The predicted molar refractivity (Wildman–Crippen MR) is 54.5 cm³/mol. The summed E-state index contributed by atoms with van der Waals surface area (Å²) in [4.78, 5) is 0. The molecule has 0 amide bonds. The van der Waals surface area contributed by atoms with Gasteiger partial charge in [-0.3, -0.25) is 0 Å². The Balaban J connectivity index is 1.85. The molecule has 0 saturated heterocycles. The minimum Gasteiger partial charge on any atom is -0.504 e. The van der Waals surface area contributed by atoms with Crippen molar-refractivity contribution >= 4 is 0 Å². The van der Waals surface area contributed by atoms with E-state index < -0.39 is 0 Å². The van der Waals surface area contributed by atoms with Gasteiger partial charge in [-0.15, -0.1) is 0 Å². The Morgan fingerprint density at radius 2 is 2.00 bits per heavy atom. The Kier molecular flexibility index (Phi) is 2.59. The molecule has 0 aliphatic heterocycles. The van der Waals surface area contributed by atoms with E-state index in [1.165, 1.54) is 18.9 Å². The van der Waals surface area contributed by atoms with Gasteiger partial charge in [-0.05, 0) is 43.5 Å². The molecule has 0 spiro atoms. The van der Waals surface area contributed by atoms with Crippen molar-refractivity contribution in [3.63, 3.8) is 0 Å². The zero-order valence-electron chi connectivity index (χ0n) is 8.03. The number of hydrogen-bond acceptors (Lipinski definition) is 3. The van der Waals surface area contributed by atoms with Gasteiger partial charge in [-0.2, -0.15) is 0 Å². The van der Waals surface area contributed by atoms with Crippen molar-refractivity contribution in [3.8, 4) is 11.5 Å². The second-order valence-electron chi connectivity index (χ2n) is 3.80. The SMILES string of the molecule is Oc1ccc(CCNC2CC2)cc1O. The van der Waals surface area contributed by atoms with Gasteiger partial charge in [-0.1, -0.05) is 6.07 Å². The van der Waals surface area contributed by atoms with Crippen molar-refractivity contribution in [2.45, 2.75) is 25.3 Å². The van der Waals surface area contributed by atoms with Gasteiger partial charge in [0.25, 0.3) is 0 Å². The molecule has 0 heterocycles. The van der Waals surface area contributed by atoms with Crippen LogP contribution in [0.3, 0.4) is 0 Å². The summed E-state index contributed by atoms with van der Waals surface area (Å²) in [5, 5.41) is 21.7. The first kappa shape index (κ1) is 9.34. The number of hydrogen-bond donors (Lipinski definition) is 3. The summed E-state index contributed by atoms with van der Waals surface area (Å²) in [6.45, 7) is 0.939. The van der Waals surface area contributed by atoms with Gasteiger partial charge in [0.05, 0.1) is 0 Å². The van der Waals surface area contributed by atoms with E-state index in [0.717, 1.165) is 24.6 Å². The molecule has 1 fully saturated rings. The van der Waals surface area contributed by atoms with Crippen LogP contribution in [0.5, 0.6) is 11.5 Å². The summed E-state index contributed by atoms with van der Waals surface area (Å²) in [6.07, 6.45) is 3.48. The second-order valence-corrected chi connectivity index (χ2v) is 3.80. The lowest BCUT2D eigenvalue weighted by atomic mass is 10.1.